The fraction of sp³-hybridized carbons (Fsp3) is 0.538. The summed E-state index contributed by atoms with van der Waals surface area (Å²) in [7, 11) is 0. The van der Waals surface area contributed by atoms with E-state index >= 15 is 0 Å². The topological polar surface area (TPSA) is 44.5 Å². The SMILES string of the molecule is CC(C)COCCOc1ccccc1CN. The number of para-hydroxylation sites is 1. The van der Waals surface area contributed by atoms with E-state index in [1.165, 1.54) is 0 Å². The lowest BCUT2D eigenvalue weighted by molar-refractivity contribution is 0.0816. The zero-order valence-electron chi connectivity index (χ0n) is 10.1. The Morgan fingerprint density at radius 3 is 2.62 bits per heavy atom. The van der Waals surface area contributed by atoms with Gasteiger partial charge >= 0.3 is 0 Å². The molecule has 0 amide bonds. The second-order valence-corrected chi connectivity index (χ2v) is 4.13. The minimum absolute atomic E-state index is 0.503. The van der Waals surface area contributed by atoms with E-state index < -0.39 is 0 Å². The molecule has 1 aromatic rings. The molecule has 0 spiro atoms. The summed E-state index contributed by atoms with van der Waals surface area (Å²) >= 11 is 0. The lowest BCUT2D eigenvalue weighted by atomic mass is 10.2. The molecular weight excluding hydrogens is 202 g/mol. The van der Waals surface area contributed by atoms with Crippen molar-refractivity contribution < 1.29 is 9.47 Å². The molecule has 2 N–H and O–H groups in total. The zero-order valence-corrected chi connectivity index (χ0v) is 10.1. The van der Waals surface area contributed by atoms with Gasteiger partial charge in [-0.05, 0) is 12.0 Å². The molecule has 16 heavy (non-hydrogen) atoms. The van der Waals surface area contributed by atoms with Crippen LogP contribution in [0.4, 0.5) is 0 Å². The summed E-state index contributed by atoms with van der Waals surface area (Å²) in [5.41, 5.74) is 6.64. The molecule has 90 valence electrons. The number of hydrogen-bond acceptors (Lipinski definition) is 3. The lowest BCUT2D eigenvalue weighted by Crippen LogP contribution is -2.11. The molecule has 0 aromatic heterocycles. The van der Waals surface area contributed by atoms with Crippen LogP contribution < -0.4 is 10.5 Å². The highest BCUT2D eigenvalue weighted by atomic mass is 16.5. The number of hydrogen-bond donors (Lipinski definition) is 1. The van der Waals surface area contributed by atoms with E-state index in [9.17, 15) is 0 Å². The van der Waals surface area contributed by atoms with Crippen molar-refractivity contribution in [3.05, 3.63) is 29.8 Å². The quantitative estimate of drug-likeness (QED) is 0.721. The maximum atomic E-state index is 5.61. The van der Waals surface area contributed by atoms with Gasteiger partial charge < -0.3 is 15.2 Å². The van der Waals surface area contributed by atoms with Crippen LogP contribution in [0.5, 0.6) is 5.75 Å². The number of ether oxygens (including phenoxy) is 2. The summed E-state index contributed by atoms with van der Waals surface area (Å²) in [6, 6.07) is 7.82. The molecule has 0 unspecified atom stereocenters. The van der Waals surface area contributed by atoms with Crippen molar-refractivity contribution in [3.63, 3.8) is 0 Å². The largest absolute Gasteiger partial charge is 0.491 e. The Kier molecular flexibility index (Phi) is 5.90. The van der Waals surface area contributed by atoms with Crippen LogP contribution in [0.25, 0.3) is 0 Å². The van der Waals surface area contributed by atoms with E-state index in [0.717, 1.165) is 17.9 Å². The van der Waals surface area contributed by atoms with Gasteiger partial charge in [-0.2, -0.15) is 0 Å². The van der Waals surface area contributed by atoms with Crippen molar-refractivity contribution in [2.75, 3.05) is 19.8 Å². The van der Waals surface area contributed by atoms with Gasteiger partial charge in [0.1, 0.15) is 12.4 Å². The van der Waals surface area contributed by atoms with E-state index in [0.29, 0.717) is 25.7 Å². The maximum Gasteiger partial charge on any atom is 0.123 e. The maximum absolute atomic E-state index is 5.61. The first-order chi connectivity index (χ1) is 7.74. The molecule has 0 heterocycles. The van der Waals surface area contributed by atoms with Gasteiger partial charge in [-0.1, -0.05) is 32.0 Å². The Balaban J connectivity index is 2.26. The highest BCUT2D eigenvalue weighted by Crippen LogP contribution is 2.16. The van der Waals surface area contributed by atoms with Crippen LogP contribution in [0.1, 0.15) is 19.4 Å². The van der Waals surface area contributed by atoms with Crippen molar-refractivity contribution in [1.29, 1.82) is 0 Å². The monoisotopic (exact) mass is 223 g/mol. The highest BCUT2D eigenvalue weighted by Gasteiger charge is 2.00. The Labute approximate surface area is 97.6 Å². The Bertz CT molecular complexity index is 300. The van der Waals surface area contributed by atoms with E-state index in [2.05, 4.69) is 13.8 Å². The third-order valence-corrected chi connectivity index (χ3v) is 2.13. The van der Waals surface area contributed by atoms with E-state index in [4.69, 9.17) is 15.2 Å². The van der Waals surface area contributed by atoms with Crippen molar-refractivity contribution in [2.24, 2.45) is 11.7 Å². The van der Waals surface area contributed by atoms with Gasteiger partial charge in [0.05, 0.1) is 6.61 Å². The molecule has 0 fully saturated rings. The van der Waals surface area contributed by atoms with Crippen molar-refractivity contribution in [2.45, 2.75) is 20.4 Å². The molecule has 3 heteroatoms. The first-order valence-electron chi connectivity index (χ1n) is 5.72. The second kappa shape index (κ2) is 7.25. The second-order valence-electron chi connectivity index (χ2n) is 4.13. The summed E-state index contributed by atoms with van der Waals surface area (Å²) in [4.78, 5) is 0. The van der Waals surface area contributed by atoms with Gasteiger partial charge in [0, 0.05) is 18.7 Å². The first-order valence-corrected chi connectivity index (χ1v) is 5.72. The normalized spacial score (nSPS) is 10.8. The Morgan fingerprint density at radius 2 is 1.94 bits per heavy atom. The Hall–Kier alpha value is -1.06. The van der Waals surface area contributed by atoms with Crippen molar-refractivity contribution in [3.8, 4) is 5.75 Å². The molecule has 1 aromatic carbocycles. The third kappa shape index (κ3) is 4.64. The van der Waals surface area contributed by atoms with Gasteiger partial charge in [0.25, 0.3) is 0 Å². The summed E-state index contributed by atoms with van der Waals surface area (Å²) in [6.45, 7) is 6.74. The van der Waals surface area contributed by atoms with Gasteiger partial charge in [0.15, 0.2) is 0 Å². The van der Waals surface area contributed by atoms with E-state index in [1.54, 1.807) is 0 Å². The van der Waals surface area contributed by atoms with E-state index in [-0.39, 0.29) is 0 Å². The molecule has 0 saturated carbocycles. The molecule has 0 atom stereocenters. The molecule has 3 nitrogen and oxygen atoms in total. The summed E-state index contributed by atoms with van der Waals surface area (Å²) in [5.74, 6) is 1.43. The van der Waals surface area contributed by atoms with Crippen LogP contribution in [-0.4, -0.2) is 19.8 Å². The fourth-order valence-electron chi connectivity index (χ4n) is 1.34. The molecule has 1 rings (SSSR count). The van der Waals surface area contributed by atoms with Crippen LogP contribution >= 0.6 is 0 Å². The highest BCUT2D eigenvalue weighted by molar-refractivity contribution is 5.32. The third-order valence-electron chi connectivity index (χ3n) is 2.13. The molecule has 0 saturated heterocycles. The van der Waals surface area contributed by atoms with E-state index in [1.807, 2.05) is 24.3 Å². The summed E-state index contributed by atoms with van der Waals surface area (Å²) in [5, 5.41) is 0. The molecule has 0 radical (unpaired) electrons. The van der Waals surface area contributed by atoms with Crippen LogP contribution in [0.2, 0.25) is 0 Å². The van der Waals surface area contributed by atoms with Crippen LogP contribution in [0, 0.1) is 5.92 Å². The fourth-order valence-corrected chi connectivity index (χ4v) is 1.34. The molecule has 0 bridgehead atoms. The van der Waals surface area contributed by atoms with Crippen LogP contribution in [0.3, 0.4) is 0 Å². The van der Waals surface area contributed by atoms with Gasteiger partial charge in [-0.15, -0.1) is 0 Å². The summed E-state index contributed by atoms with van der Waals surface area (Å²) < 4.78 is 11.0. The average Bonchev–Trinajstić information content (AvgIpc) is 2.29. The molecular formula is C13H21NO2. The molecule has 0 aliphatic rings. The lowest BCUT2D eigenvalue weighted by Gasteiger charge is -2.11. The molecule has 0 aliphatic heterocycles. The number of nitrogens with two attached hydrogens (primary N) is 1. The average molecular weight is 223 g/mol. The van der Waals surface area contributed by atoms with Crippen molar-refractivity contribution in [1.82, 2.24) is 0 Å². The number of rotatable bonds is 7. The minimum Gasteiger partial charge on any atom is -0.491 e. The predicted molar refractivity (Wildman–Crippen MR) is 65.5 cm³/mol. The van der Waals surface area contributed by atoms with Gasteiger partial charge in [-0.3, -0.25) is 0 Å². The van der Waals surface area contributed by atoms with Crippen LogP contribution in [0.15, 0.2) is 24.3 Å². The number of benzene rings is 1. The summed E-state index contributed by atoms with van der Waals surface area (Å²) in [6.07, 6.45) is 0. The van der Waals surface area contributed by atoms with Crippen molar-refractivity contribution >= 4 is 0 Å². The van der Waals surface area contributed by atoms with Gasteiger partial charge in [-0.25, -0.2) is 0 Å². The van der Waals surface area contributed by atoms with Crippen LogP contribution in [-0.2, 0) is 11.3 Å². The smallest absolute Gasteiger partial charge is 0.123 e. The predicted octanol–water partition coefficient (Wildman–Crippen LogP) is 2.20. The first kappa shape index (κ1) is 13.0. The zero-order chi connectivity index (χ0) is 11.8. The standard InChI is InChI=1S/C13H21NO2/c1-11(2)10-15-7-8-16-13-6-4-3-5-12(13)9-14/h3-6,11H,7-10,14H2,1-2H3. The molecule has 0 aliphatic carbocycles. The Morgan fingerprint density at radius 1 is 1.19 bits per heavy atom. The minimum atomic E-state index is 0.503. The van der Waals surface area contributed by atoms with Gasteiger partial charge in [0.2, 0.25) is 0 Å².